The van der Waals surface area contributed by atoms with Gasteiger partial charge in [0.05, 0.1) is 0 Å². The van der Waals surface area contributed by atoms with Gasteiger partial charge in [0.25, 0.3) is 0 Å². The molecule has 2 nitrogen and oxygen atoms in total. The Balaban J connectivity index is 1.15. The highest BCUT2D eigenvalue weighted by Crippen LogP contribution is 2.46. The summed E-state index contributed by atoms with van der Waals surface area (Å²) in [7, 11) is 0. The largest absolute Gasteiger partial charge is 0.456 e. The van der Waals surface area contributed by atoms with Crippen molar-refractivity contribution in [1.82, 2.24) is 0 Å². The van der Waals surface area contributed by atoms with E-state index in [4.69, 9.17) is 8.83 Å². The van der Waals surface area contributed by atoms with Crippen LogP contribution < -0.4 is 0 Å². The molecule has 0 spiro atoms. The Hall–Kier alpha value is -6.64. The van der Waals surface area contributed by atoms with E-state index in [-0.39, 0.29) is 0 Å². The van der Waals surface area contributed by atoms with E-state index in [1.54, 1.807) is 0 Å². The number of hydrogen-bond donors (Lipinski definition) is 0. The first-order valence-corrected chi connectivity index (χ1v) is 17.1. The summed E-state index contributed by atoms with van der Waals surface area (Å²) in [4.78, 5) is 0. The lowest BCUT2D eigenvalue weighted by atomic mass is 9.84. The van der Waals surface area contributed by atoms with Gasteiger partial charge in [-0.25, -0.2) is 0 Å². The highest BCUT2D eigenvalue weighted by molar-refractivity contribution is 6.26. The van der Waals surface area contributed by atoms with Gasteiger partial charge in [0.15, 0.2) is 0 Å². The summed E-state index contributed by atoms with van der Waals surface area (Å²) < 4.78 is 12.6. The van der Waals surface area contributed by atoms with Crippen molar-refractivity contribution in [3.05, 3.63) is 170 Å². The smallest absolute Gasteiger partial charge is 0.136 e. The summed E-state index contributed by atoms with van der Waals surface area (Å²) >= 11 is 0. The zero-order valence-electron chi connectivity index (χ0n) is 27.0. The Kier molecular flexibility index (Phi) is 5.70. The zero-order chi connectivity index (χ0) is 32.8. The van der Waals surface area contributed by atoms with Gasteiger partial charge in [-0.1, -0.05) is 133 Å². The number of para-hydroxylation sites is 1. The van der Waals surface area contributed by atoms with Gasteiger partial charge < -0.3 is 8.83 Å². The Morgan fingerprint density at radius 3 is 1.52 bits per heavy atom. The van der Waals surface area contributed by atoms with E-state index in [0.717, 1.165) is 55.0 Å². The van der Waals surface area contributed by atoms with Crippen LogP contribution in [-0.2, 0) is 0 Å². The van der Waals surface area contributed by atoms with Crippen LogP contribution in [0.25, 0.3) is 110 Å². The van der Waals surface area contributed by atoms with Crippen molar-refractivity contribution in [3.8, 4) is 33.4 Å². The summed E-state index contributed by atoms with van der Waals surface area (Å²) in [6, 6.07) is 61.0. The Morgan fingerprint density at radius 2 is 0.780 bits per heavy atom. The molecule has 232 valence electrons. The van der Waals surface area contributed by atoms with Crippen LogP contribution in [-0.4, -0.2) is 0 Å². The molecule has 0 unspecified atom stereocenters. The van der Waals surface area contributed by atoms with Crippen molar-refractivity contribution < 1.29 is 8.83 Å². The van der Waals surface area contributed by atoms with Gasteiger partial charge in [-0.3, -0.25) is 0 Å². The van der Waals surface area contributed by atoms with Crippen molar-refractivity contribution in [3.63, 3.8) is 0 Å². The molecule has 0 amide bonds. The number of furan rings is 2. The fourth-order valence-corrected chi connectivity index (χ4v) is 8.29. The third-order valence-corrected chi connectivity index (χ3v) is 10.4. The summed E-state index contributed by atoms with van der Waals surface area (Å²) in [6.07, 6.45) is 0. The Labute approximate surface area is 287 Å². The lowest BCUT2D eigenvalue weighted by molar-refractivity contribution is 0.663. The quantitative estimate of drug-likeness (QED) is 0.180. The number of rotatable bonds is 3. The number of benzene rings is 9. The maximum atomic E-state index is 6.39. The molecule has 0 aliphatic carbocycles. The zero-order valence-corrected chi connectivity index (χ0v) is 27.0. The minimum atomic E-state index is 0.870. The van der Waals surface area contributed by atoms with E-state index in [1.165, 1.54) is 54.6 Å². The van der Waals surface area contributed by atoms with Gasteiger partial charge in [0.2, 0.25) is 0 Å². The van der Waals surface area contributed by atoms with Crippen LogP contribution >= 0.6 is 0 Å². The van der Waals surface area contributed by atoms with E-state index in [0.29, 0.717) is 0 Å². The molecule has 0 aliphatic rings. The summed E-state index contributed by atoms with van der Waals surface area (Å²) in [5, 5.41) is 11.9. The third-order valence-electron chi connectivity index (χ3n) is 10.4. The Morgan fingerprint density at radius 1 is 0.280 bits per heavy atom. The fourth-order valence-electron chi connectivity index (χ4n) is 8.29. The Bertz CT molecular complexity index is 3090. The molecule has 0 bridgehead atoms. The molecule has 9 aromatic carbocycles. The van der Waals surface area contributed by atoms with Gasteiger partial charge in [-0.05, 0) is 102 Å². The molecule has 0 atom stereocenters. The lowest BCUT2D eigenvalue weighted by Crippen LogP contribution is -1.92. The molecule has 2 heteroatoms. The van der Waals surface area contributed by atoms with E-state index in [1.807, 2.05) is 24.3 Å². The van der Waals surface area contributed by atoms with E-state index in [2.05, 4.69) is 146 Å². The van der Waals surface area contributed by atoms with Crippen LogP contribution in [0.1, 0.15) is 0 Å². The third kappa shape index (κ3) is 3.90. The van der Waals surface area contributed by atoms with E-state index < -0.39 is 0 Å². The maximum absolute atomic E-state index is 6.39. The van der Waals surface area contributed by atoms with Gasteiger partial charge in [0.1, 0.15) is 22.3 Å². The van der Waals surface area contributed by atoms with Gasteiger partial charge in [0, 0.05) is 21.5 Å². The standard InChI is InChI=1S/C48H28O2/c1-2-15-33-29(11-1)12-10-21-34(33)46-37-18-5-3-16-35(37)45(36-17-4-6-19-38(36)46)32-14-9-13-30(27-32)31-23-24-42-40(28-31)48-44(50-42)26-25-43-47(48)39-20-7-8-22-41(39)49-43/h1-28H. The first-order valence-electron chi connectivity index (χ1n) is 17.1. The van der Waals surface area contributed by atoms with Crippen molar-refractivity contribution in [1.29, 1.82) is 0 Å². The van der Waals surface area contributed by atoms with Crippen LogP contribution in [0, 0.1) is 0 Å². The molecule has 11 rings (SSSR count). The molecule has 11 aromatic rings. The van der Waals surface area contributed by atoms with E-state index in [9.17, 15) is 0 Å². The molecular weight excluding hydrogens is 609 g/mol. The van der Waals surface area contributed by atoms with Crippen molar-refractivity contribution >= 4 is 76.2 Å². The van der Waals surface area contributed by atoms with Crippen LogP contribution in [0.5, 0.6) is 0 Å². The first-order chi connectivity index (χ1) is 24.8. The normalized spacial score (nSPS) is 12.0. The summed E-state index contributed by atoms with van der Waals surface area (Å²) in [6.45, 7) is 0. The van der Waals surface area contributed by atoms with Crippen LogP contribution in [0.15, 0.2) is 179 Å². The molecule has 50 heavy (non-hydrogen) atoms. The van der Waals surface area contributed by atoms with Crippen molar-refractivity contribution in [2.45, 2.75) is 0 Å². The second-order valence-electron chi connectivity index (χ2n) is 13.2. The highest BCUT2D eigenvalue weighted by Gasteiger charge is 2.19. The van der Waals surface area contributed by atoms with Crippen LogP contribution in [0.4, 0.5) is 0 Å². The first kappa shape index (κ1) is 27.3. The molecule has 0 saturated heterocycles. The van der Waals surface area contributed by atoms with Crippen molar-refractivity contribution in [2.75, 3.05) is 0 Å². The van der Waals surface area contributed by atoms with Crippen LogP contribution in [0.2, 0.25) is 0 Å². The monoisotopic (exact) mass is 636 g/mol. The van der Waals surface area contributed by atoms with Crippen molar-refractivity contribution in [2.24, 2.45) is 0 Å². The minimum Gasteiger partial charge on any atom is -0.456 e. The molecule has 0 fully saturated rings. The lowest BCUT2D eigenvalue weighted by Gasteiger charge is -2.19. The predicted molar refractivity (Wildman–Crippen MR) is 210 cm³/mol. The predicted octanol–water partition coefficient (Wildman–Crippen LogP) is 13.9. The highest BCUT2D eigenvalue weighted by atomic mass is 16.3. The van der Waals surface area contributed by atoms with Gasteiger partial charge >= 0.3 is 0 Å². The average molecular weight is 637 g/mol. The minimum absolute atomic E-state index is 0.870. The molecule has 2 heterocycles. The van der Waals surface area contributed by atoms with E-state index >= 15 is 0 Å². The molecule has 0 N–H and O–H groups in total. The molecule has 0 radical (unpaired) electrons. The fraction of sp³-hybridized carbons (Fsp3) is 0. The maximum Gasteiger partial charge on any atom is 0.136 e. The summed E-state index contributed by atoms with van der Waals surface area (Å²) in [5.41, 5.74) is 10.8. The summed E-state index contributed by atoms with van der Waals surface area (Å²) in [5.74, 6) is 0. The topological polar surface area (TPSA) is 26.3 Å². The average Bonchev–Trinajstić information content (AvgIpc) is 3.74. The van der Waals surface area contributed by atoms with Crippen LogP contribution in [0.3, 0.4) is 0 Å². The molecule has 0 aliphatic heterocycles. The molecular formula is C48H28O2. The second kappa shape index (κ2) is 10.4. The number of fused-ring (bicyclic) bond motifs is 10. The van der Waals surface area contributed by atoms with Gasteiger partial charge in [-0.2, -0.15) is 0 Å². The second-order valence-corrected chi connectivity index (χ2v) is 13.2. The van der Waals surface area contributed by atoms with Gasteiger partial charge in [-0.15, -0.1) is 0 Å². The number of hydrogen-bond acceptors (Lipinski definition) is 2. The SMILES string of the molecule is c1cc(-c2ccc3oc4ccc5oc6ccccc6c5c4c3c2)cc(-c2c3ccccc3c(-c3cccc4ccccc34)c3ccccc23)c1. The molecule has 2 aromatic heterocycles. The molecule has 0 saturated carbocycles.